The fraction of sp³-hybridized carbons (Fsp3) is 0. The molecule has 3 rings (SSSR count). The van der Waals surface area contributed by atoms with Crippen LogP contribution in [0.2, 0.25) is 0 Å². The summed E-state index contributed by atoms with van der Waals surface area (Å²) in [5, 5.41) is 8.84. The smallest absolute Gasteiger partial charge is 0.133 e. The number of nitrogens with one attached hydrogen (secondary N) is 1. The minimum absolute atomic E-state index is 0.147. The van der Waals surface area contributed by atoms with E-state index in [0.717, 1.165) is 16.8 Å². The van der Waals surface area contributed by atoms with Crippen molar-refractivity contribution >= 4 is 22.7 Å². The second-order valence-corrected chi connectivity index (χ2v) is 4.95. The topological polar surface area (TPSA) is 70.9 Å². The minimum atomic E-state index is 0.147. The molecule has 1 N–H and O–H groups in total. The third kappa shape index (κ3) is 3.29. The molecule has 0 aliphatic heterocycles. The van der Waals surface area contributed by atoms with E-state index in [-0.39, 0.29) is 11.4 Å². The number of rotatable bonds is 5. The van der Waals surface area contributed by atoms with Gasteiger partial charge in [0, 0.05) is 5.69 Å². The zero-order valence-corrected chi connectivity index (χ0v) is 12.1. The lowest BCUT2D eigenvalue weighted by molar-refractivity contribution is 1.42. The van der Waals surface area contributed by atoms with Gasteiger partial charge in [0.1, 0.15) is 11.4 Å². The van der Waals surface area contributed by atoms with E-state index in [2.05, 4.69) is 15.7 Å². The molecular formula is C18H13N3O2. The molecule has 0 fully saturated rings. The predicted octanol–water partition coefficient (Wildman–Crippen LogP) is 5.89. The number of benzene rings is 3. The molecule has 112 valence electrons. The summed E-state index contributed by atoms with van der Waals surface area (Å²) in [5.74, 6) is 0. The first-order valence-electron chi connectivity index (χ1n) is 7.03. The van der Waals surface area contributed by atoms with Crippen LogP contribution in [0.1, 0.15) is 0 Å². The van der Waals surface area contributed by atoms with E-state index in [1.165, 1.54) is 12.1 Å². The van der Waals surface area contributed by atoms with E-state index in [0.29, 0.717) is 5.69 Å². The largest absolute Gasteiger partial charge is 0.354 e. The Bertz CT molecular complexity index is 831. The Labute approximate surface area is 132 Å². The SMILES string of the molecule is O=Nc1ccc(Nc2ccc(-c3ccccc3)cc2)c(N=O)c1. The van der Waals surface area contributed by atoms with Crippen molar-refractivity contribution in [1.29, 1.82) is 0 Å². The third-order valence-electron chi connectivity index (χ3n) is 3.46. The first kappa shape index (κ1) is 14.6. The van der Waals surface area contributed by atoms with E-state index >= 15 is 0 Å². The van der Waals surface area contributed by atoms with Crippen LogP contribution in [0.3, 0.4) is 0 Å². The Morgan fingerprint density at radius 2 is 1.39 bits per heavy atom. The Hall–Kier alpha value is -3.34. The standard InChI is InChI=1S/C18H13N3O2/c22-20-16-10-11-17(18(12-16)21-23)19-15-8-6-14(7-9-15)13-4-2-1-3-5-13/h1-12,19H. The molecule has 0 aromatic heterocycles. The lowest BCUT2D eigenvalue weighted by Gasteiger charge is -2.09. The fourth-order valence-corrected chi connectivity index (χ4v) is 2.29. The molecule has 0 unspecified atom stereocenters. The summed E-state index contributed by atoms with van der Waals surface area (Å²) in [7, 11) is 0. The van der Waals surface area contributed by atoms with Crippen molar-refractivity contribution in [2.75, 3.05) is 5.32 Å². The Kier molecular flexibility index (Phi) is 4.20. The molecule has 0 spiro atoms. The highest BCUT2D eigenvalue weighted by Gasteiger charge is 2.06. The minimum Gasteiger partial charge on any atom is -0.354 e. The summed E-state index contributed by atoms with van der Waals surface area (Å²) in [6.07, 6.45) is 0. The first-order chi connectivity index (χ1) is 11.3. The quantitative estimate of drug-likeness (QED) is 0.597. The molecule has 0 aliphatic rings. The summed E-state index contributed by atoms with van der Waals surface area (Å²) in [6, 6.07) is 22.4. The van der Waals surface area contributed by atoms with Crippen LogP contribution in [0.4, 0.5) is 22.7 Å². The van der Waals surface area contributed by atoms with Crippen molar-refractivity contribution in [3.63, 3.8) is 0 Å². The van der Waals surface area contributed by atoms with Crippen LogP contribution in [0.5, 0.6) is 0 Å². The third-order valence-corrected chi connectivity index (χ3v) is 3.46. The van der Waals surface area contributed by atoms with Gasteiger partial charge in [-0.3, -0.25) is 0 Å². The normalized spacial score (nSPS) is 10.1. The molecule has 5 nitrogen and oxygen atoms in total. The average Bonchev–Trinajstić information content (AvgIpc) is 2.63. The van der Waals surface area contributed by atoms with Crippen molar-refractivity contribution in [2.45, 2.75) is 0 Å². The molecule has 0 aliphatic carbocycles. The summed E-state index contributed by atoms with van der Waals surface area (Å²) in [5.41, 5.74) is 3.90. The van der Waals surface area contributed by atoms with Crippen molar-refractivity contribution in [3.8, 4) is 11.1 Å². The molecule has 3 aromatic rings. The summed E-state index contributed by atoms with van der Waals surface area (Å²) in [4.78, 5) is 21.4. The van der Waals surface area contributed by atoms with Crippen LogP contribution >= 0.6 is 0 Å². The van der Waals surface area contributed by atoms with Crippen LogP contribution < -0.4 is 5.32 Å². The van der Waals surface area contributed by atoms with Gasteiger partial charge in [0.05, 0.1) is 5.69 Å². The molecule has 5 heteroatoms. The zero-order chi connectivity index (χ0) is 16.1. The van der Waals surface area contributed by atoms with Crippen molar-refractivity contribution in [1.82, 2.24) is 0 Å². The molecule has 23 heavy (non-hydrogen) atoms. The van der Waals surface area contributed by atoms with Gasteiger partial charge in [0.15, 0.2) is 0 Å². The lowest BCUT2D eigenvalue weighted by atomic mass is 10.1. The molecule has 0 radical (unpaired) electrons. The zero-order valence-electron chi connectivity index (χ0n) is 12.1. The molecule has 0 saturated carbocycles. The molecule has 3 aromatic carbocycles. The van der Waals surface area contributed by atoms with E-state index < -0.39 is 0 Å². The van der Waals surface area contributed by atoms with Crippen LogP contribution in [0.15, 0.2) is 83.2 Å². The van der Waals surface area contributed by atoms with Crippen molar-refractivity contribution in [2.24, 2.45) is 10.4 Å². The van der Waals surface area contributed by atoms with E-state index in [4.69, 9.17) is 0 Å². The lowest BCUT2D eigenvalue weighted by Crippen LogP contribution is -1.90. The van der Waals surface area contributed by atoms with Crippen LogP contribution in [0.25, 0.3) is 11.1 Å². The van der Waals surface area contributed by atoms with Gasteiger partial charge >= 0.3 is 0 Å². The Morgan fingerprint density at radius 3 is 2.04 bits per heavy atom. The summed E-state index contributed by atoms with van der Waals surface area (Å²) >= 11 is 0. The van der Waals surface area contributed by atoms with Crippen molar-refractivity contribution < 1.29 is 0 Å². The molecule has 0 bridgehead atoms. The maximum absolute atomic E-state index is 10.9. The molecule has 0 amide bonds. The first-order valence-corrected chi connectivity index (χ1v) is 7.03. The average molecular weight is 303 g/mol. The van der Waals surface area contributed by atoms with Gasteiger partial charge in [-0.05, 0) is 51.8 Å². The van der Waals surface area contributed by atoms with Crippen LogP contribution in [-0.2, 0) is 0 Å². The second-order valence-electron chi connectivity index (χ2n) is 4.95. The fourth-order valence-electron chi connectivity index (χ4n) is 2.29. The van der Waals surface area contributed by atoms with Gasteiger partial charge in [0.2, 0.25) is 0 Å². The van der Waals surface area contributed by atoms with Gasteiger partial charge in [-0.25, -0.2) is 0 Å². The van der Waals surface area contributed by atoms with Gasteiger partial charge in [-0.1, -0.05) is 42.5 Å². The highest BCUT2D eigenvalue weighted by Crippen LogP contribution is 2.32. The van der Waals surface area contributed by atoms with Gasteiger partial charge < -0.3 is 5.32 Å². The van der Waals surface area contributed by atoms with E-state index in [1.807, 2.05) is 54.6 Å². The number of hydrogen-bond donors (Lipinski definition) is 1. The van der Waals surface area contributed by atoms with Crippen LogP contribution in [-0.4, -0.2) is 0 Å². The number of hydrogen-bond acceptors (Lipinski definition) is 5. The highest BCUT2D eigenvalue weighted by atomic mass is 16.3. The number of nitroso groups, excluding NO2 is 2. The highest BCUT2D eigenvalue weighted by molar-refractivity contribution is 5.76. The number of anilines is 2. The van der Waals surface area contributed by atoms with Gasteiger partial charge in [-0.15, -0.1) is 9.81 Å². The van der Waals surface area contributed by atoms with Crippen molar-refractivity contribution in [3.05, 3.63) is 82.6 Å². The molecule has 0 heterocycles. The Morgan fingerprint density at radius 1 is 0.696 bits per heavy atom. The maximum Gasteiger partial charge on any atom is 0.133 e. The monoisotopic (exact) mass is 303 g/mol. The summed E-state index contributed by atoms with van der Waals surface area (Å²) in [6.45, 7) is 0. The van der Waals surface area contributed by atoms with Crippen LogP contribution in [0, 0.1) is 9.81 Å². The van der Waals surface area contributed by atoms with E-state index in [9.17, 15) is 9.81 Å². The molecule has 0 saturated heterocycles. The number of nitrogens with zero attached hydrogens (tertiary/aromatic N) is 2. The Balaban J connectivity index is 1.84. The van der Waals surface area contributed by atoms with Gasteiger partial charge in [-0.2, -0.15) is 0 Å². The predicted molar refractivity (Wildman–Crippen MR) is 92.5 cm³/mol. The maximum atomic E-state index is 10.9. The molecule has 0 atom stereocenters. The van der Waals surface area contributed by atoms with Gasteiger partial charge in [0.25, 0.3) is 0 Å². The summed E-state index contributed by atoms with van der Waals surface area (Å²) < 4.78 is 0. The van der Waals surface area contributed by atoms with E-state index in [1.54, 1.807) is 6.07 Å². The second kappa shape index (κ2) is 6.62. The molecular weight excluding hydrogens is 290 g/mol.